The molecule has 0 heterocycles. The van der Waals surface area contributed by atoms with E-state index >= 15 is 0 Å². The molecule has 0 spiro atoms. The number of nitro groups is 1. The van der Waals surface area contributed by atoms with Gasteiger partial charge in [-0.05, 0) is 32.0 Å². The van der Waals surface area contributed by atoms with E-state index in [-0.39, 0.29) is 36.2 Å². The zero-order chi connectivity index (χ0) is 23.7. The number of nitrogens with zero attached hydrogens (tertiary/aromatic N) is 2. The first-order valence-corrected chi connectivity index (χ1v) is 10.0. The molecule has 0 aromatic heterocycles. The smallest absolute Gasteiger partial charge is 0.286 e. The Hall–Kier alpha value is -3.66. The van der Waals surface area contributed by atoms with E-state index in [0.29, 0.717) is 24.3 Å². The molecule has 0 atom stereocenters. The number of amides is 2. The number of hydrogen-bond acceptors (Lipinski definition) is 7. The fourth-order valence-electron chi connectivity index (χ4n) is 3.01. The van der Waals surface area contributed by atoms with Crippen molar-refractivity contribution < 1.29 is 28.7 Å². The van der Waals surface area contributed by atoms with Crippen molar-refractivity contribution in [1.82, 2.24) is 4.90 Å². The van der Waals surface area contributed by atoms with Crippen LogP contribution in [0.5, 0.6) is 11.5 Å². The maximum atomic E-state index is 12.9. The largest absolute Gasteiger partial charge is 0.493 e. The van der Waals surface area contributed by atoms with Crippen molar-refractivity contribution in [2.45, 2.75) is 13.8 Å². The lowest BCUT2D eigenvalue weighted by Crippen LogP contribution is -2.30. The maximum absolute atomic E-state index is 12.9. The summed E-state index contributed by atoms with van der Waals surface area (Å²) in [6, 6.07) is 8.80. The summed E-state index contributed by atoms with van der Waals surface area (Å²) in [5.74, 6) is -0.593. The van der Waals surface area contributed by atoms with Crippen LogP contribution in [0.2, 0.25) is 0 Å². The van der Waals surface area contributed by atoms with E-state index in [9.17, 15) is 19.7 Å². The summed E-state index contributed by atoms with van der Waals surface area (Å²) in [5.41, 5.74) is 0.0969. The van der Waals surface area contributed by atoms with Crippen LogP contribution in [-0.4, -0.2) is 62.2 Å². The van der Waals surface area contributed by atoms with E-state index in [2.05, 4.69) is 5.32 Å². The molecular weight excluding hydrogens is 418 g/mol. The fourth-order valence-corrected chi connectivity index (χ4v) is 3.01. The normalized spacial score (nSPS) is 10.4. The Balaban J connectivity index is 2.34. The lowest BCUT2D eigenvalue weighted by Gasteiger charge is -2.19. The first-order valence-electron chi connectivity index (χ1n) is 10.0. The van der Waals surface area contributed by atoms with Crippen LogP contribution in [0, 0.1) is 10.1 Å². The summed E-state index contributed by atoms with van der Waals surface area (Å²) >= 11 is 0. The van der Waals surface area contributed by atoms with Crippen LogP contribution in [0.1, 0.15) is 34.6 Å². The topological polar surface area (TPSA) is 120 Å². The standard InChI is InChI=1S/C22H27N3O7/c1-5-24(6-2)22(27)15-8-7-9-16(12-15)23-21(26)17-13-19(31-4)20(32-11-10-30-3)14-18(17)25(28)29/h7-9,12-14H,5-6,10-11H2,1-4H3,(H,23,26). The third kappa shape index (κ3) is 5.94. The molecule has 10 nitrogen and oxygen atoms in total. The van der Waals surface area contributed by atoms with E-state index in [1.165, 1.54) is 26.4 Å². The van der Waals surface area contributed by atoms with Crippen molar-refractivity contribution in [3.8, 4) is 11.5 Å². The van der Waals surface area contributed by atoms with Crippen LogP contribution in [0.25, 0.3) is 0 Å². The molecular formula is C22H27N3O7. The Bertz CT molecular complexity index is 974. The fraction of sp³-hybridized carbons (Fsp3) is 0.364. The molecule has 0 bridgehead atoms. The van der Waals surface area contributed by atoms with Crippen LogP contribution in [0.4, 0.5) is 11.4 Å². The van der Waals surface area contributed by atoms with Gasteiger partial charge in [0.25, 0.3) is 17.5 Å². The molecule has 0 saturated carbocycles. The Morgan fingerprint density at radius 3 is 2.38 bits per heavy atom. The van der Waals surface area contributed by atoms with E-state index in [0.717, 1.165) is 6.07 Å². The molecule has 172 valence electrons. The van der Waals surface area contributed by atoms with Crippen LogP contribution in [0.15, 0.2) is 36.4 Å². The summed E-state index contributed by atoms with van der Waals surface area (Å²) in [4.78, 5) is 38.0. The molecule has 10 heteroatoms. The molecule has 32 heavy (non-hydrogen) atoms. The molecule has 2 amide bonds. The van der Waals surface area contributed by atoms with Gasteiger partial charge in [-0.3, -0.25) is 19.7 Å². The molecule has 0 aliphatic heterocycles. The summed E-state index contributed by atoms with van der Waals surface area (Å²) in [7, 11) is 2.87. The zero-order valence-corrected chi connectivity index (χ0v) is 18.5. The highest BCUT2D eigenvalue weighted by Gasteiger charge is 2.25. The van der Waals surface area contributed by atoms with Crippen LogP contribution in [0.3, 0.4) is 0 Å². The molecule has 0 radical (unpaired) electrons. The van der Waals surface area contributed by atoms with Crippen molar-refractivity contribution >= 4 is 23.2 Å². The van der Waals surface area contributed by atoms with Crippen molar-refractivity contribution in [1.29, 1.82) is 0 Å². The number of benzene rings is 2. The Kier molecular flexibility index (Phi) is 8.96. The number of methoxy groups -OCH3 is 2. The predicted molar refractivity (Wildman–Crippen MR) is 119 cm³/mol. The summed E-state index contributed by atoms with van der Waals surface area (Å²) in [5, 5.41) is 14.2. The minimum Gasteiger partial charge on any atom is -0.493 e. The van der Waals surface area contributed by atoms with Gasteiger partial charge >= 0.3 is 0 Å². The average Bonchev–Trinajstić information content (AvgIpc) is 2.79. The molecule has 0 aliphatic carbocycles. The Labute approximate surface area is 186 Å². The zero-order valence-electron chi connectivity index (χ0n) is 18.5. The number of ether oxygens (including phenoxy) is 3. The van der Waals surface area contributed by atoms with Gasteiger partial charge in [0.2, 0.25) is 0 Å². The van der Waals surface area contributed by atoms with Crippen molar-refractivity contribution in [3.05, 3.63) is 57.6 Å². The molecule has 0 unspecified atom stereocenters. The van der Waals surface area contributed by atoms with Gasteiger partial charge in [-0.25, -0.2) is 0 Å². The van der Waals surface area contributed by atoms with Gasteiger partial charge in [-0.15, -0.1) is 0 Å². The van der Waals surface area contributed by atoms with Gasteiger partial charge in [0.1, 0.15) is 12.2 Å². The first kappa shape index (κ1) is 24.6. The number of nitrogens with one attached hydrogen (secondary N) is 1. The van der Waals surface area contributed by atoms with Gasteiger partial charge in [0, 0.05) is 37.5 Å². The van der Waals surface area contributed by atoms with Gasteiger partial charge in [-0.2, -0.15) is 0 Å². The van der Waals surface area contributed by atoms with Crippen LogP contribution >= 0.6 is 0 Å². The lowest BCUT2D eigenvalue weighted by atomic mass is 10.1. The van der Waals surface area contributed by atoms with E-state index in [1.54, 1.807) is 23.1 Å². The molecule has 0 fully saturated rings. The van der Waals surface area contributed by atoms with Crippen molar-refractivity contribution in [2.24, 2.45) is 0 Å². The predicted octanol–water partition coefficient (Wildman–Crippen LogP) is 3.36. The SMILES string of the molecule is CCN(CC)C(=O)c1cccc(NC(=O)c2cc(OC)c(OCCOC)cc2[N+](=O)[O-])c1. The number of hydrogen-bond donors (Lipinski definition) is 1. The second kappa shape index (κ2) is 11.7. The average molecular weight is 445 g/mol. The third-order valence-corrected chi connectivity index (χ3v) is 4.69. The monoisotopic (exact) mass is 445 g/mol. The number of carbonyl (C=O) groups is 2. The number of nitro benzene ring substituents is 1. The second-order valence-corrected chi connectivity index (χ2v) is 6.63. The number of carbonyl (C=O) groups excluding carboxylic acids is 2. The van der Waals surface area contributed by atoms with E-state index < -0.39 is 16.5 Å². The molecule has 2 aromatic carbocycles. The highest BCUT2D eigenvalue weighted by molar-refractivity contribution is 6.08. The Morgan fingerprint density at radius 2 is 1.78 bits per heavy atom. The van der Waals surface area contributed by atoms with Crippen LogP contribution in [-0.2, 0) is 4.74 Å². The first-order chi connectivity index (χ1) is 15.4. The quantitative estimate of drug-likeness (QED) is 0.320. The van der Waals surface area contributed by atoms with Gasteiger partial charge in [0.15, 0.2) is 11.5 Å². The van der Waals surface area contributed by atoms with Crippen molar-refractivity contribution in [3.63, 3.8) is 0 Å². The van der Waals surface area contributed by atoms with Gasteiger partial charge in [0.05, 0.1) is 24.7 Å². The summed E-state index contributed by atoms with van der Waals surface area (Å²) in [6.07, 6.45) is 0. The lowest BCUT2D eigenvalue weighted by molar-refractivity contribution is -0.385. The summed E-state index contributed by atoms with van der Waals surface area (Å²) < 4.78 is 15.6. The van der Waals surface area contributed by atoms with E-state index in [1.807, 2.05) is 13.8 Å². The highest BCUT2D eigenvalue weighted by atomic mass is 16.6. The van der Waals surface area contributed by atoms with Crippen molar-refractivity contribution in [2.75, 3.05) is 45.8 Å². The Morgan fingerprint density at radius 1 is 1.06 bits per heavy atom. The van der Waals surface area contributed by atoms with Gasteiger partial charge < -0.3 is 24.4 Å². The maximum Gasteiger partial charge on any atom is 0.286 e. The number of anilines is 1. The minimum absolute atomic E-state index is 0.125. The third-order valence-electron chi connectivity index (χ3n) is 4.69. The molecule has 1 N–H and O–H groups in total. The second-order valence-electron chi connectivity index (χ2n) is 6.63. The molecule has 2 aromatic rings. The summed E-state index contributed by atoms with van der Waals surface area (Å²) in [6.45, 7) is 5.29. The molecule has 2 rings (SSSR count). The minimum atomic E-state index is -0.717. The highest BCUT2D eigenvalue weighted by Crippen LogP contribution is 2.35. The molecule has 0 aliphatic rings. The molecule has 0 saturated heterocycles. The number of rotatable bonds is 11. The van der Waals surface area contributed by atoms with E-state index in [4.69, 9.17) is 14.2 Å². The van der Waals surface area contributed by atoms with Crippen LogP contribution < -0.4 is 14.8 Å². The van der Waals surface area contributed by atoms with Gasteiger partial charge in [-0.1, -0.05) is 6.07 Å².